The van der Waals surface area contributed by atoms with Crippen LogP contribution in [0.15, 0.2) is 188 Å². The van der Waals surface area contributed by atoms with Crippen LogP contribution in [0.2, 0.25) is 0 Å². The Kier molecular flexibility index (Phi) is 7.26. The molecule has 0 saturated carbocycles. The molecule has 3 heteroatoms. The fourth-order valence-electron chi connectivity index (χ4n) is 7.40. The van der Waals surface area contributed by atoms with Gasteiger partial charge in [-0.05, 0) is 75.8 Å². The first-order valence-corrected chi connectivity index (χ1v) is 18.9. The molecule has 0 N–H and O–H groups in total. The molecule has 0 unspecified atom stereocenters. The predicted octanol–water partition coefficient (Wildman–Crippen LogP) is 14.9. The predicted molar refractivity (Wildman–Crippen MR) is 223 cm³/mol. The molecule has 0 aliphatic carbocycles. The van der Waals surface area contributed by atoms with Gasteiger partial charge >= 0.3 is 0 Å². The molecule has 0 radical (unpaired) electrons. The van der Waals surface area contributed by atoms with Crippen LogP contribution in [-0.4, -0.2) is 0 Å². The number of thiophene rings is 2. The van der Waals surface area contributed by atoms with Crippen LogP contribution in [0.1, 0.15) is 0 Å². The number of fused-ring (bicyclic) bond motifs is 6. The number of rotatable bonds is 6. The highest BCUT2D eigenvalue weighted by Gasteiger charge is 2.20. The molecule has 0 saturated heterocycles. The molecule has 0 aliphatic rings. The second-order valence-corrected chi connectivity index (χ2v) is 15.0. The molecular formula is C48H31NS2. The lowest BCUT2D eigenvalue weighted by Gasteiger charge is -2.26. The number of anilines is 3. The molecule has 10 rings (SSSR count). The first-order valence-electron chi connectivity index (χ1n) is 17.3. The van der Waals surface area contributed by atoms with Crippen molar-refractivity contribution >= 4 is 80.1 Å². The zero-order chi connectivity index (χ0) is 33.7. The van der Waals surface area contributed by atoms with Gasteiger partial charge in [0.2, 0.25) is 0 Å². The van der Waals surface area contributed by atoms with E-state index in [4.69, 9.17) is 0 Å². The first kappa shape index (κ1) is 29.9. The Morgan fingerprint density at radius 2 is 0.843 bits per heavy atom. The maximum atomic E-state index is 2.42. The highest BCUT2D eigenvalue weighted by Crippen LogP contribution is 2.47. The third kappa shape index (κ3) is 5.21. The summed E-state index contributed by atoms with van der Waals surface area (Å²) in [6.45, 7) is 0. The second-order valence-electron chi connectivity index (χ2n) is 12.9. The summed E-state index contributed by atoms with van der Waals surface area (Å²) in [7, 11) is 0. The van der Waals surface area contributed by atoms with Crippen LogP contribution in [0.5, 0.6) is 0 Å². The molecule has 2 heterocycles. The molecule has 0 amide bonds. The Labute approximate surface area is 304 Å². The van der Waals surface area contributed by atoms with E-state index in [1.54, 1.807) is 0 Å². The summed E-state index contributed by atoms with van der Waals surface area (Å²) in [6, 6.07) is 68.5. The summed E-state index contributed by atoms with van der Waals surface area (Å²) in [4.78, 5) is 2.42. The number of hydrogen-bond donors (Lipinski definition) is 0. The van der Waals surface area contributed by atoms with E-state index in [-0.39, 0.29) is 0 Å². The molecule has 0 spiro atoms. The van der Waals surface area contributed by atoms with Crippen molar-refractivity contribution in [3.8, 4) is 33.4 Å². The lowest BCUT2D eigenvalue weighted by Crippen LogP contribution is -2.10. The van der Waals surface area contributed by atoms with Crippen LogP contribution >= 0.6 is 22.7 Å². The van der Waals surface area contributed by atoms with Crippen molar-refractivity contribution in [1.82, 2.24) is 0 Å². The Morgan fingerprint density at radius 3 is 1.57 bits per heavy atom. The van der Waals surface area contributed by atoms with E-state index in [0.29, 0.717) is 0 Å². The smallest absolute Gasteiger partial charge is 0.0640 e. The van der Waals surface area contributed by atoms with Gasteiger partial charge in [0.1, 0.15) is 0 Å². The third-order valence-corrected chi connectivity index (χ3v) is 12.3. The molecule has 10 aromatic rings. The van der Waals surface area contributed by atoms with Crippen LogP contribution in [0.4, 0.5) is 17.1 Å². The van der Waals surface area contributed by atoms with Gasteiger partial charge in [0.05, 0.1) is 10.4 Å². The summed E-state index contributed by atoms with van der Waals surface area (Å²) in [6.07, 6.45) is 0. The van der Waals surface area contributed by atoms with Crippen LogP contribution in [0.3, 0.4) is 0 Å². The van der Waals surface area contributed by atoms with Gasteiger partial charge < -0.3 is 4.90 Å². The fourth-order valence-corrected chi connectivity index (χ4v) is 9.88. The Balaban J connectivity index is 1.11. The molecule has 0 atom stereocenters. The number of benzene rings is 8. The van der Waals surface area contributed by atoms with Gasteiger partial charge in [0.15, 0.2) is 0 Å². The lowest BCUT2D eigenvalue weighted by atomic mass is 10.0. The van der Waals surface area contributed by atoms with Crippen LogP contribution in [0, 0.1) is 0 Å². The molecule has 8 aromatic carbocycles. The number of nitrogens with zero attached hydrogens (tertiary/aromatic N) is 1. The van der Waals surface area contributed by atoms with E-state index < -0.39 is 0 Å². The van der Waals surface area contributed by atoms with Crippen molar-refractivity contribution in [2.45, 2.75) is 0 Å². The highest BCUT2D eigenvalue weighted by atomic mass is 32.1. The molecular weight excluding hydrogens is 655 g/mol. The zero-order valence-corrected chi connectivity index (χ0v) is 29.3. The molecule has 51 heavy (non-hydrogen) atoms. The van der Waals surface area contributed by atoms with Crippen LogP contribution in [0.25, 0.3) is 73.7 Å². The normalized spacial score (nSPS) is 11.5. The van der Waals surface area contributed by atoms with E-state index in [1.165, 1.54) is 79.4 Å². The van der Waals surface area contributed by atoms with Gasteiger partial charge in [0.25, 0.3) is 0 Å². The van der Waals surface area contributed by atoms with Gasteiger partial charge in [0, 0.05) is 47.0 Å². The minimum Gasteiger partial charge on any atom is -0.309 e. The van der Waals surface area contributed by atoms with E-state index in [1.807, 2.05) is 22.7 Å². The first-order chi connectivity index (χ1) is 25.3. The van der Waals surface area contributed by atoms with Crippen molar-refractivity contribution in [3.63, 3.8) is 0 Å². The monoisotopic (exact) mass is 685 g/mol. The van der Waals surface area contributed by atoms with Gasteiger partial charge in [-0.2, -0.15) is 0 Å². The molecule has 2 aromatic heterocycles. The highest BCUT2D eigenvalue weighted by molar-refractivity contribution is 7.27. The SMILES string of the molecule is c1ccc(-c2ccc(N(c3ccc(-c4ccc5c(c4)sc4ccccc45)cc3)c3cccc4c3sc3c(-c5ccccc5)cccc34)cc2)cc1. The minimum atomic E-state index is 1.13. The van der Waals surface area contributed by atoms with E-state index in [2.05, 4.69) is 193 Å². The third-order valence-electron chi connectivity index (χ3n) is 9.90. The lowest BCUT2D eigenvalue weighted by molar-refractivity contribution is 1.30. The molecule has 240 valence electrons. The average Bonchev–Trinajstić information content (AvgIpc) is 3.78. The Morgan fingerprint density at radius 1 is 0.314 bits per heavy atom. The van der Waals surface area contributed by atoms with Crippen molar-refractivity contribution in [1.29, 1.82) is 0 Å². The van der Waals surface area contributed by atoms with Gasteiger partial charge in [-0.25, -0.2) is 0 Å². The van der Waals surface area contributed by atoms with E-state index >= 15 is 0 Å². The fraction of sp³-hybridized carbons (Fsp3) is 0. The van der Waals surface area contributed by atoms with Crippen LogP contribution in [-0.2, 0) is 0 Å². The average molecular weight is 686 g/mol. The maximum absolute atomic E-state index is 2.42. The number of hydrogen-bond acceptors (Lipinski definition) is 3. The minimum absolute atomic E-state index is 1.13. The maximum Gasteiger partial charge on any atom is 0.0640 e. The summed E-state index contributed by atoms with van der Waals surface area (Å²) in [5, 5.41) is 5.24. The summed E-state index contributed by atoms with van der Waals surface area (Å²) in [5.74, 6) is 0. The van der Waals surface area contributed by atoms with Crippen molar-refractivity contribution in [2.24, 2.45) is 0 Å². The largest absolute Gasteiger partial charge is 0.309 e. The Hall–Kier alpha value is -6.00. The summed E-state index contributed by atoms with van der Waals surface area (Å²) in [5.41, 5.74) is 10.8. The molecule has 1 nitrogen and oxygen atoms in total. The van der Waals surface area contributed by atoms with Crippen molar-refractivity contribution in [3.05, 3.63) is 188 Å². The van der Waals surface area contributed by atoms with Crippen LogP contribution < -0.4 is 4.90 Å². The topological polar surface area (TPSA) is 3.24 Å². The standard InChI is InChI=1S/C48H31NS2/c1-3-11-32(12-4-1)33-21-26-37(27-22-33)49(38-28-23-34(24-29-38)36-25-30-41-40-15-7-8-20-45(40)50-46(41)31-36)44-19-10-18-43-42-17-9-16-39(47(42)51-48(43)44)35-13-5-2-6-14-35/h1-31H. The van der Waals surface area contributed by atoms with Crippen molar-refractivity contribution < 1.29 is 0 Å². The van der Waals surface area contributed by atoms with Gasteiger partial charge in [-0.3, -0.25) is 0 Å². The van der Waals surface area contributed by atoms with Gasteiger partial charge in [-0.1, -0.05) is 146 Å². The van der Waals surface area contributed by atoms with E-state index in [0.717, 1.165) is 11.4 Å². The van der Waals surface area contributed by atoms with Gasteiger partial charge in [-0.15, -0.1) is 22.7 Å². The zero-order valence-electron chi connectivity index (χ0n) is 27.7. The van der Waals surface area contributed by atoms with Crippen molar-refractivity contribution in [2.75, 3.05) is 4.90 Å². The quantitative estimate of drug-likeness (QED) is 0.168. The molecule has 0 bridgehead atoms. The second kappa shape index (κ2) is 12.4. The summed E-state index contributed by atoms with van der Waals surface area (Å²) < 4.78 is 5.25. The molecule has 0 fully saturated rings. The summed E-state index contributed by atoms with van der Waals surface area (Å²) >= 11 is 3.76. The van der Waals surface area contributed by atoms with E-state index in [9.17, 15) is 0 Å². The molecule has 0 aliphatic heterocycles. The Bertz CT molecular complexity index is 2830.